The van der Waals surface area contributed by atoms with Crippen LogP contribution in [0.25, 0.3) is 21.8 Å². The van der Waals surface area contributed by atoms with Gasteiger partial charge in [0.1, 0.15) is 0 Å². The molecule has 0 spiro atoms. The molecule has 125 valence electrons. The van der Waals surface area contributed by atoms with Gasteiger partial charge < -0.3 is 15.0 Å². The molecule has 0 unspecified atom stereocenters. The van der Waals surface area contributed by atoms with Crippen molar-refractivity contribution in [2.75, 3.05) is 7.11 Å². The number of nitrogens with two attached hydrogens (primary N) is 1. The number of primary amides is 1. The first-order valence-electron chi connectivity index (χ1n) is 7.94. The average Bonchev–Trinajstić information content (AvgIpc) is 3.22. The molecule has 2 aromatic heterocycles. The van der Waals surface area contributed by atoms with Gasteiger partial charge in [0.2, 0.25) is 5.91 Å². The second-order valence-corrected chi connectivity index (χ2v) is 6.76. The number of ether oxygens (including phenoxy) is 1. The van der Waals surface area contributed by atoms with Gasteiger partial charge in [-0.2, -0.15) is 11.3 Å². The van der Waals surface area contributed by atoms with Crippen LogP contribution in [-0.4, -0.2) is 17.6 Å². The molecule has 0 fully saturated rings. The lowest BCUT2D eigenvalue weighted by Gasteiger charge is -2.07. The standard InChI is InChI=1S/C20H17N2O2S/c1-24-11-13-5-6-15-18(9-13)22(10-14-7-8-25-12-14)17-4-2-3-16(19(15)17)20(21)23/h2-5,7-9,12H,10-11H2,1H3,(H2,21,23). The molecule has 25 heavy (non-hydrogen) atoms. The van der Waals surface area contributed by atoms with Crippen LogP contribution in [0.3, 0.4) is 0 Å². The molecule has 2 heterocycles. The monoisotopic (exact) mass is 349 g/mol. The van der Waals surface area contributed by atoms with Gasteiger partial charge in [-0.15, -0.1) is 0 Å². The Hall–Kier alpha value is -2.63. The number of carbonyl (C=O) groups is 1. The van der Waals surface area contributed by atoms with Crippen LogP contribution >= 0.6 is 11.3 Å². The largest absolute Gasteiger partial charge is 0.380 e. The molecular weight excluding hydrogens is 332 g/mol. The predicted molar refractivity (Wildman–Crippen MR) is 101 cm³/mol. The Labute approximate surface area is 149 Å². The van der Waals surface area contributed by atoms with Gasteiger partial charge in [0.25, 0.3) is 0 Å². The molecule has 0 bridgehead atoms. The van der Waals surface area contributed by atoms with Crippen LogP contribution in [0, 0.1) is 6.07 Å². The SMILES string of the molecule is COCc1c[c]c2c3c(C(N)=O)cccc3n(Cc3ccsc3)c2c1. The summed E-state index contributed by atoms with van der Waals surface area (Å²) in [5.41, 5.74) is 10.4. The van der Waals surface area contributed by atoms with E-state index in [-0.39, 0.29) is 0 Å². The zero-order chi connectivity index (χ0) is 17.4. The van der Waals surface area contributed by atoms with Crippen LogP contribution in [0.1, 0.15) is 21.5 Å². The summed E-state index contributed by atoms with van der Waals surface area (Å²) in [6.07, 6.45) is 0. The minimum Gasteiger partial charge on any atom is -0.380 e. The molecule has 5 heteroatoms. The highest BCUT2D eigenvalue weighted by molar-refractivity contribution is 7.07. The molecule has 0 atom stereocenters. The summed E-state index contributed by atoms with van der Waals surface area (Å²) in [7, 11) is 1.68. The highest BCUT2D eigenvalue weighted by Gasteiger charge is 2.17. The summed E-state index contributed by atoms with van der Waals surface area (Å²) < 4.78 is 7.47. The van der Waals surface area contributed by atoms with E-state index in [0.717, 1.165) is 33.9 Å². The molecule has 0 aliphatic rings. The molecular formula is C20H17N2O2S. The highest BCUT2D eigenvalue weighted by Crippen LogP contribution is 2.33. The van der Waals surface area contributed by atoms with Crippen molar-refractivity contribution in [1.29, 1.82) is 0 Å². The maximum Gasteiger partial charge on any atom is 0.249 e. The second-order valence-electron chi connectivity index (χ2n) is 5.98. The average molecular weight is 349 g/mol. The minimum absolute atomic E-state index is 0.422. The summed E-state index contributed by atoms with van der Waals surface area (Å²) in [4.78, 5) is 11.9. The first-order chi connectivity index (χ1) is 12.2. The maximum absolute atomic E-state index is 11.9. The van der Waals surface area contributed by atoms with E-state index in [9.17, 15) is 4.79 Å². The molecule has 4 rings (SSSR count). The molecule has 2 aromatic carbocycles. The molecule has 1 radical (unpaired) electrons. The van der Waals surface area contributed by atoms with Crippen molar-refractivity contribution >= 4 is 39.0 Å². The van der Waals surface area contributed by atoms with Gasteiger partial charge in [0.05, 0.1) is 17.6 Å². The summed E-state index contributed by atoms with van der Waals surface area (Å²) in [5.74, 6) is -0.422. The molecule has 0 saturated carbocycles. The van der Waals surface area contributed by atoms with E-state index in [0.29, 0.717) is 12.2 Å². The molecule has 0 saturated heterocycles. The van der Waals surface area contributed by atoms with Gasteiger partial charge in [-0.25, -0.2) is 0 Å². The fraction of sp³-hybridized carbons (Fsp3) is 0.150. The summed E-state index contributed by atoms with van der Waals surface area (Å²) in [6.45, 7) is 1.26. The zero-order valence-corrected chi connectivity index (χ0v) is 14.6. The summed E-state index contributed by atoms with van der Waals surface area (Å²) >= 11 is 1.68. The number of fused-ring (bicyclic) bond motifs is 3. The fourth-order valence-corrected chi connectivity index (χ4v) is 3.95. The highest BCUT2D eigenvalue weighted by atomic mass is 32.1. The van der Waals surface area contributed by atoms with Crippen molar-refractivity contribution in [3.63, 3.8) is 0 Å². The van der Waals surface area contributed by atoms with Crippen LogP contribution in [-0.2, 0) is 17.9 Å². The Bertz CT molecular complexity index is 1060. The number of carbonyl (C=O) groups excluding carboxylic acids is 1. The number of methoxy groups -OCH3 is 1. The number of benzene rings is 2. The number of rotatable bonds is 5. The lowest BCUT2D eigenvalue weighted by Crippen LogP contribution is -2.11. The van der Waals surface area contributed by atoms with Crippen LogP contribution in [0.5, 0.6) is 0 Å². The van der Waals surface area contributed by atoms with Gasteiger partial charge in [-0.1, -0.05) is 6.07 Å². The quantitative estimate of drug-likeness (QED) is 0.593. The van der Waals surface area contributed by atoms with E-state index < -0.39 is 5.91 Å². The Morgan fingerprint density at radius 1 is 1.28 bits per heavy atom. The van der Waals surface area contributed by atoms with Crippen molar-refractivity contribution < 1.29 is 9.53 Å². The normalized spacial score (nSPS) is 11.4. The van der Waals surface area contributed by atoms with Crippen LogP contribution < -0.4 is 5.73 Å². The molecule has 4 nitrogen and oxygen atoms in total. The van der Waals surface area contributed by atoms with Crippen LogP contribution in [0.4, 0.5) is 0 Å². The minimum atomic E-state index is -0.422. The molecule has 0 aliphatic heterocycles. The van der Waals surface area contributed by atoms with E-state index in [4.69, 9.17) is 10.5 Å². The number of hydrogen-bond acceptors (Lipinski definition) is 3. The molecule has 4 aromatic rings. The fourth-order valence-electron chi connectivity index (χ4n) is 3.29. The lowest BCUT2D eigenvalue weighted by atomic mass is 10.0. The Morgan fingerprint density at radius 2 is 2.16 bits per heavy atom. The lowest BCUT2D eigenvalue weighted by molar-refractivity contribution is 0.100. The van der Waals surface area contributed by atoms with Gasteiger partial charge in [-0.05, 0) is 58.3 Å². The van der Waals surface area contributed by atoms with Gasteiger partial charge >= 0.3 is 0 Å². The number of amides is 1. The van der Waals surface area contributed by atoms with E-state index in [1.807, 2.05) is 18.2 Å². The van der Waals surface area contributed by atoms with Crippen molar-refractivity contribution in [3.8, 4) is 0 Å². The Kier molecular flexibility index (Phi) is 4.03. The number of nitrogens with zero attached hydrogens (tertiary/aromatic N) is 1. The molecule has 1 amide bonds. The van der Waals surface area contributed by atoms with Crippen molar-refractivity contribution in [2.24, 2.45) is 5.73 Å². The predicted octanol–water partition coefficient (Wildman–Crippen LogP) is 3.95. The first-order valence-corrected chi connectivity index (χ1v) is 8.88. The Morgan fingerprint density at radius 3 is 2.88 bits per heavy atom. The zero-order valence-electron chi connectivity index (χ0n) is 13.8. The summed E-state index contributed by atoms with van der Waals surface area (Å²) in [6, 6.07) is 15.1. The molecule has 2 N–H and O–H groups in total. The van der Waals surface area contributed by atoms with Gasteiger partial charge in [0, 0.05) is 30.0 Å². The van der Waals surface area contributed by atoms with Crippen LogP contribution in [0.15, 0.2) is 47.2 Å². The third-order valence-electron chi connectivity index (χ3n) is 4.35. The van der Waals surface area contributed by atoms with Gasteiger partial charge in [0.15, 0.2) is 0 Å². The van der Waals surface area contributed by atoms with Crippen molar-refractivity contribution in [1.82, 2.24) is 4.57 Å². The number of aromatic nitrogens is 1. The van der Waals surface area contributed by atoms with E-state index in [2.05, 4.69) is 33.5 Å². The summed E-state index contributed by atoms with van der Waals surface area (Å²) in [5, 5.41) is 5.99. The van der Waals surface area contributed by atoms with E-state index in [1.165, 1.54) is 5.56 Å². The Balaban J connectivity index is 2.05. The van der Waals surface area contributed by atoms with Crippen LogP contribution in [0.2, 0.25) is 0 Å². The number of hydrogen-bond donors (Lipinski definition) is 1. The van der Waals surface area contributed by atoms with Gasteiger partial charge in [-0.3, -0.25) is 4.79 Å². The second kappa shape index (κ2) is 6.35. The van der Waals surface area contributed by atoms with Crippen molar-refractivity contribution in [3.05, 3.63) is 69.9 Å². The van der Waals surface area contributed by atoms with Crippen molar-refractivity contribution in [2.45, 2.75) is 13.2 Å². The number of thiophene rings is 1. The molecule has 0 aliphatic carbocycles. The van der Waals surface area contributed by atoms with E-state index >= 15 is 0 Å². The third kappa shape index (κ3) is 2.71. The third-order valence-corrected chi connectivity index (χ3v) is 5.08. The topological polar surface area (TPSA) is 57.2 Å². The maximum atomic E-state index is 11.9. The van der Waals surface area contributed by atoms with E-state index in [1.54, 1.807) is 24.5 Å². The smallest absolute Gasteiger partial charge is 0.249 e. The first kappa shape index (κ1) is 15.9.